The van der Waals surface area contributed by atoms with E-state index in [1.807, 2.05) is 16.8 Å². The molecule has 3 aromatic heterocycles. The highest BCUT2D eigenvalue weighted by Crippen LogP contribution is 2.24. The number of hydrogen-bond acceptors (Lipinski definition) is 5. The maximum Gasteiger partial charge on any atom is 0.259 e. The van der Waals surface area contributed by atoms with E-state index in [1.54, 1.807) is 29.7 Å². The molecule has 0 fully saturated rings. The molecule has 100 valence electrons. The van der Waals surface area contributed by atoms with Crippen molar-refractivity contribution in [3.05, 3.63) is 51.4 Å². The summed E-state index contributed by atoms with van der Waals surface area (Å²) < 4.78 is 5.84. The summed E-state index contributed by atoms with van der Waals surface area (Å²) in [6.45, 7) is 0. The summed E-state index contributed by atoms with van der Waals surface area (Å²) in [5.41, 5.74) is 2.09. The van der Waals surface area contributed by atoms with Crippen LogP contribution in [0.25, 0.3) is 11.3 Å². The van der Waals surface area contributed by atoms with Gasteiger partial charge in [0.25, 0.3) is 5.91 Å². The van der Waals surface area contributed by atoms with Gasteiger partial charge in [-0.3, -0.25) is 15.1 Å². The van der Waals surface area contributed by atoms with Gasteiger partial charge in [0, 0.05) is 33.9 Å². The lowest BCUT2D eigenvalue weighted by atomic mass is 10.2. The number of hydrogen-bond donors (Lipinski definition) is 1. The summed E-state index contributed by atoms with van der Waals surface area (Å²) in [7, 11) is 0. The molecule has 0 atom stereocenters. The summed E-state index contributed by atoms with van der Waals surface area (Å²) >= 11 is 4.84. The number of nitrogens with zero attached hydrogens (tertiary/aromatic N) is 2. The Hall–Kier alpha value is -1.99. The SMILES string of the molecule is O=C(Nc1cc(-c2ccsc2)no1)c1cncc(Br)c1. The molecule has 0 saturated heterocycles. The van der Waals surface area contributed by atoms with Crippen LogP contribution in [0.3, 0.4) is 0 Å². The second kappa shape index (κ2) is 5.56. The lowest BCUT2D eigenvalue weighted by molar-refractivity contribution is 0.102. The van der Waals surface area contributed by atoms with Crippen molar-refractivity contribution in [3.8, 4) is 11.3 Å². The number of halogens is 1. The molecule has 0 spiro atoms. The first-order chi connectivity index (χ1) is 9.72. The van der Waals surface area contributed by atoms with Crippen LogP contribution in [0, 0.1) is 0 Å². The highest BCUT2D eigenvalue weighted by atomic mass is 79.9. The van der Waals surface area contributed by atoms with E-state index in [1.165, 1.54) is 6.20 Å². The molecule has 0 unspecified atom stereocenters. The van der Waals surface area contributed by atoms with Crippen LogP contribution in [0.2, 0.25) is 0 Å². The minimum atomic E-state index is -0.299. The van der Waals surface area contributed by atoms with Crippen molar-refractivity contribution in [1.29, 1.82) is 0 Å². The van der Waals surface area contributed by atoms with Crippen LogP contribution in [-0.2, 0) is 0 Å². The standard InChI is InChI=1S/C13H8BrN3O2S/c14-10-3-9(5-15-6-10)13(18)16-12-4-11(17-19-12)8-1-2-20-7-8/h1-7H,(H,16,18). The minimum Gasteiger partial charge on any atom is -0.338 e. The minimum absolute atomic E-state index is 0.299. The summed E-state index contributed by atoms with van der Waals surface area (Å²) in [4.78, 5) is 15.9. The Morgan fingerprint density at radius 2 is 2.25 bits per heavy atom. The van der Waals surface area contributed by atoms with Crippen LogP contribution in [0.1, 0.15) is 10.4 Å². The zero-order valence-electron chi connectivity index (χ0n) is 10.0. The molecule has 0 aliphatic carbocycles. The Morgan fingerprint density at radius 1 is 1.35 bits per heavy atom. The zero-order valence-corrected chi connectivity index (χ0v) is 12.4. The van der Waals surface area contributed by atoms with Crippen LogP contribution in [0.5, 0.6) is 0 Å². The molecule has 5 nitrogen and oxygen atoms in total. The third kappa shape index (κ3) is 2.78. The van der Waals surface area contributed by atoms with E-state index in [0.717, 1.165) is 10.0 Å². The van der Waals surface area contributed by atoms with Gasteiger partial charge in [0.05, 0.1) is 5.56 Å². The van der Waals surface area contributed by atoms with E-state index in [0.29, 0.717) is 17.1 Å². The number of pyridine rings is 1. The van der Waals surface area contributed by atoms with Crippen molar-refractivity contribution in [2.45, 2.75) is 0 Å². The van der Waals surface area contributed by atoms with Crippen molar-refractivity contribution in [2.24, 2.45) is 0 Å². The number of carbonyl (C=O) groups is 1. The fourth-order valence-corrected chi connectivity index (χ4v) is 2.61. The lowest BCUT2D eigenvalue weighted by Gasteiger charge is -2.00. The van der Waals surface area contributed by atoms with E-state index < -0.39 is 0 Å². The molecule has 3 rings (SSSR count). The lowest BCUT2D eigenvalue weighted by Crippen LogP contribution is -2.11. The van der Waals surface area contributed by atoms with Crippen LogP contribution in [0.15, 0.2) is 50.3 Å². The first-order valence-electron chi connectivity index (χ1n) is 5.63. The fourth-order valence-electron chi connectivity index (χ4n) is 1.60. The Morgan fingerprint density at radius 3 is 3.00 bits per heavy atom. The fraction of sp³-hybridized carbons (Fsp3) is 0. The van der Waals surface area contributed by atoms with Crippen LogP contribution >= 0.6 is 27.3 Å². The maximum atomic E-state index is 12.0. The summed E-state index contributed by atoms with van der Waals surface area (Å²) in [5.74, 6) is 0.00277. The van der Waals surface area contributed by atoms with Crippen molar-refractivity contribution in [2.75, 3.05) is 5.32 Å². The van der Waals surface area contributed by atoms with Gasteiger partial charge in [-0.05, 0) is 33.4 Å². The summed E-state index contributed by atoms with van der Waals surface area (Å²) in [6, 6.07) is 5.30. The van der Waals surface area contributed by atoms with Crippen molar-refractivity contribution >= 4 is 39.1 Å². The number of carbonyl (C=O) groups excluding carboxylic acids is 1. The van der Waals surface area contributed by atoms with E-state index >= 15 is 0 Å². The number of aromatic nitrogens is 2. The second-order valence-electron chi connectivity index (χ2n) is 3.93. The molecule has 1 N–H and O–H groups in total. The van der Waals surface area contributed by atoms with E-state index in [9.17, 15) is 4.79 Å². The van der Waals surface area contributed by atoms with E-state index in [4.69, 9.17) is 4.52 Å². The Balaban J connectivity index is 1.77. The first-order valence-corrected chi connectivity index (χ1v) is 7.37. The van der Waals surface area contributed by atoms with Gasteiger partial charge in [0.2, 0.25) is 5.88 Å². The molecule has 3 aromatic rings. The number of amides is 1. The molecule has 0 saturated carbocycles. The van der Waals surface area contributed by atoms with Gasteiger partial charge < -0.3 is 4.52 Å². The second-order valence-corrected chi connectivity index (χ2v) is 5.63. The molecular weight excluding hydrogens is 342 g/mol. The van der Waals surface area contributed by atoms with Gasteiger partial charge in [-0.25, -0.2) is 0 Å². The number of nitrogens with one attached hydrogen (secondary N) is 1. The van der Waals surface area contributed by atoms with Crippen molar-refractivity contribution in [3.63, 3.8) is 0 Å². The molecule has 0 aliphatic heterocycles. The molecule has 0 aromatic carbocycles. The maximum absolute atomic E-state index is 12.0. The van der Waals surface area contributed by atoms with Gasteiger partial charge in [0.1, 0.15) is 5.69 Å². The monoisotopic (exact) mass is 349 g/mol. The first kappa shape index (κ1) is 13.0. The molecular formula is C13H8BrN3O2S. The topological polar surface area (TPSA) is 68.0 Å². The largest absolute Gasteiger partial charge is 0.338 e. The Labute approximate surface area is 126 Å². The molecule has 20 heavy (non-hydrogen) atoms. The molecule has 0 bridgehead atoms. The van der Waals surface area contributed by atoms with E-state index in [-0.39, 0.29) is 5.91 Å². The predicted octanol–water partition coefficient (Wildman–Crippen LogP) is 3.81. The average Bonchev–Trinajstić information content (AvgIpc) is 3.08. The highest BCUT2D eigenvalue weighted by molar-refractivity contribution is 9.10. The van der Waals surface area contributed by atoms with Gasteiger partial charge >= 0.3 is 0 Å². The number of thiophene rings is 1. The average molecular weight is 350 g/mol. The molecule has 0 aliphatic rings. The van der Waals surface area contributed by atoms with Crippen LogP contribution in [0.4, 0.5) is 5.88 Å². The summed E-state index contributed by atoms with van der Waals surface area (Å²) in [5, 5.41) is 10.5. The molecule has 3 heterocycles. The highest BCUT2D eigenvalue weighted by Gasteiger charge is 2.12. The van der Waals surface area contributed by atoms with Gasteiger partial charge in [-0.15, -0.1) is 0 Å². The third-order valence-electron chi connectivity index (χ3n) is 2.53. The van der Waals surface area contributed by atoms with E-state index in [2.05, 4.69) is 31.4 Å². The van der Waals surface area contributed by atoms with Gasteiger partial charge in [-0.1, -0.05) is 5.16 Å². The summed E-state index contributed by atoms with van der Waals surface area (Å²) in [6.07, 6.45) is 3.09. The van der Waals surface area contributed by atoms with Crippen molar-refractivity contribution < 1.29 is 9.32 Å². The Kier molecular flexibility index (Phi) is 3.62. The molecule has 7 heteroatoms. The number of rotatable bonds is 3. The predicted molar refractivity (Wildman–Crippen MR) is 79.7 cm³/mol. The van der Waals surface area contributed by atoms with Gasteiger partial charge in [-0.2, -0.15) is 11.3 Å². The quantitative estimate of drug-likeness (QED) is 0.780. The van der Waals surface area contributed by atoms with Gasteiger partial charge in [0.15, 0.2) is 0 Å². The molecule has 1 amide bonds. The van der Waals surface area contributed by atoms with Crippen LogP contribution < -0.4 is 5.32 Å². The number of anilines is 1. The van der Waals surface area contributed by atoms with Crippen molar-refractivity contribution in [1.82, 2.24) is 10.1 Å². The van der Waals surface area contributed by atoms with Crippen LogP contribution in [-0.4, -0.2) is 16.0 Å². The smallest absolute Gasteiger partial charge is 0.259 e. The normalized spacial score (nSPS) is 10.4. The molecule has 0 radical (unpaired) electrons. The third-order valence-corrected chi connectivity index (χ3v) is 3.65. The zero-order chi connectivity index (χ0) is 13.9. The Bertz CT molecular complexity index is 740.